The molecular formula is C14H11FN4OS. The average Bonchev–Trinajstić information content (AvgIpc) is 3.06. The molecule has 0 saturated heterocycles. The zero-order chi connectivity index (χ0) is 14.8. The van der Waals surface area contributed by atoms with Crippen molar-refractivity contribution in [2.24, 2.45) is 5.10 Å². The third-order valence-electron chi connectivity index (χ3n) is 2.87. The summed E-state index contributed by atoms with van der Waals surface area (Å²) in [5, 5.41) is 10.8. The van der Waals surface area contributed by atoms with E-state index >= 15 is 0 Å². The molecule has 3 aromatic rings. The predicted octanol–water partition coefficient (Wildman–Crippen LogP) is 3.53. The molecule has 0 bridgehead atoms. The van der Waals surface area contributed by atoms with Crippen LogP contribution in [0.1, 0.15) is 11.6 Å². The van der Waals surface area contributed by atoms with Gasteiger partial charge in [-0.25, -0.2) is 4.39 Å². The van der Waals surface area contributed by atoms with Crippen molar-refractivity contribution in [1.29, 1.82) is 0 Å². The fraction of sp³-hybridized carbons (Fsp3) is 0.0714. The second kappa shape index (κ2) is 5.45. The zero-order valence-corrected chi connectivity index (χ0v) is 11.9. The molecule has 0 unspecified atom stereocenters. The molecule has 1 N–H and O–H groups in total. The summed E-state index contributed by atoms with van der Waals surface area (Å²) in [6.45, 7) is 1.79. The van der Waals surface area contributed by atoms with Gasteiger partial charge >= 0.3 is 0 Å². The smallest absolute Gasteiger partial charge is 0.216 e. The molecule has 7 heteroatoms. The molecule has 21 heavy (non-hydrogen) atoms. The van der Waals surface area contributed by atoms with Crippen molar-refractivity contribution in [3.8, 4) is 11.3 Å². The minimum atomic E-state index is -0.281. The minimum absolute atomic E-state index is 0.281. The molecule has 0 spiro atoms. The van der Waals surface area contributed by atoms with Gasteiger partial charge in [-0.3, -0.25) is 5.10 Å². The number of rotatable bonds is 3. The van der Waals surface area contributed by atoms with Gasteiger partial charge in [0.1, 0.15) is 23.2 Å². The number of nitrogens with one attached hydrogen (secondary N) is 1. The Bertz CT molecular complexity index is 844. The van der Waals surface area contributed by atoms with Crippen LogP contribution in [0.15, 0.2) is 45.9 Å². The maximum Gasteiger partial charge on any atom is 0.216 e. The summed E-state index contributed by atoms with van der Waals surface area (Å²) in [7, 11) is 0. The number of halogens is 1. The molecule has 0 aliphatic rings. The lowest BCUT2D eigenvalue weighted by molar-refractivity contribution is 0.573. The van der Waals surface area contributed by atoms with E-state index in [1.807, 2.05) is 0 Å². The molecule has 0 aliphatic heterocycles. The lowest BCUT2D eigenvalue weighted by Crippen LogP contribution is -1.92. The molecule has 2 heterocycles. The summed E-state index contributed by atoms with van der Waals surface area (Å²) in [6, 6.07) is 9.67. The largest absolute Gasteiger partial charge is 0.455 e. The van der Waals surface area contributed by atoms with Crippen molar-refractivity contribution in [1.82, 2.24) is 14.9 Å². The van der Waals surface area contributed by atoms with Gasteiger partial charge in [0, 0.05) is 5.56 Å². The van der Waals surface area contributed by atoms with Crippen LogP contribution in [0.3, 0.4) is 0 Å². The monoisotopic (exact) mass is 302 g/mol. The molecule has 0 radical (unpaired) electrons. The highest BCUT2D eigenvalue weighted by Crippen LogP contribution is 2.21. The molecule has 0 atom stereocenters. The van der Waals surface area contributed by atoms with Gasteiger partial charge in [0.2, 0.25) is 4.77 Å². The Morgan fingerprint density at radius 3 is 2.71 bits per heavy atom. The van der Waals surface area contributed by atoms with E-state index in [1.165, 1.54) is 16.8 Å². The van der Waals surface area contributed by atoms with Crippen LogP contribution in [0.2, 0.25) is 0 Å². The number of furan rings is 1. The zero-order valence-electron chi connectivity index (χ0n) is 11.1. The van der Waals surface area contributed by atoms with E-state index in [-0.39, 0.29) is 5.82 Å². The quantitative estimate of drug-likeness (QED) is 0.595. The van der Waals surface area contributed by atoms with Crippen LogP contribution >= 0.6 is 12.2 Å². The number of hydrogen-bond acceptors (Lipinski definition) is 4. The third-order valence-corrected chi connectivity index (χ3v) is 3.13. The Labute approximate surface area is 124 Å². The number of benzene rings is 1. The van der Waals surface area contributed by atoms with Gasteiger partial charge in [-0.05, 0) is 55.5 Å². The van der Waals surface area contributed by atoms with Gasteiger partial charge in [0.15, 0.2) is 0 Å². The van der Waals surface area contributed by atoms with Crippen LogP contribution in [0, 0.1) is 17.5 Å². The number of nitrogens with zero attached hydrogens (tertiary/aromatic N) is 3. The summed E-state index contributed by atoms with van der Waals surface area (Å²) in [5.41, 5.74) is 0.798. The topological polar surface area (TPSA) is 59.1 Å². The Hall–Kier alpha value is -2.54. The van der Waals surface area contributed by atoms with Crippen molar-refractivity contribution in [2.45, 2.75) is 6.92 Å². The van der Waals surface area contributed by atoms with E-state index in [0.29, 0.717) is 22.1 Å². The van der Waals surface area contributed by atoms with Gasteiger partial charge < -0.3 is 4.42 Å². The van der Waals surface area contributed by atoms with Crippen molar-refractivity contribution in [3.63, 3.8) is 0 Å². The first-order chi connectivity index (χ1) is 10.1. The standard InChI is InChI=1S/C14H11FN4OS/c1-9-17-18-14(21)19(9)16-8-12-6-7-13(20-12)10-2-4-11(15)5-3-10/h2-8H,1H3,(H,18,21). The van der Waals surface area contributed by atoms with Gasteiger partial charge in [-0.15, -0.1) is 0 Å². The van der Waals surface area contributed by atoms with Gasteiger partial charge in [0.05, 0.1) is 6.21 Å². The molecule has 1 aromatic carbocycles. The summed E-state index contributed by atoms with van der Waals surface area (Å²) in [4.78, 5) is 0. The SMILES string of the molecule is Cc1n[nH]c(=S)n1N=Cc1ccc(-c2ccc(F)cc2)o1. The van der Waals surface area contributed by atoms with Gasteiger partial charge in [-0.2, -0.15) is 14.9 Å². The molecule has 2 aromatic heterocycles. The Kier molecular flexibility index (Phi) is 3.49. The van der Waals surface area contributed by atoms with Gasteiger partial charge in [-0.1, -0.05) is 0 Å². The summed E-state index contributed by atoms with van der Waals surface area (Å²) in [5.74, 6) is 1.58. The highest BCUT2D eigenvalue weighted by atomic mass is 32.1. The van der Waals surface area contributed by atoms with Crippen molar-refractivity contribution >= 4 is 18.4 Å². The van der Waals surface area contributed by atoms with E-state index in [0.717, 1.165) is 5.56 Å². The second-order valence-electron chi connectivity index (χ2n) is 4.34. The highest BCUT2D eigenvalue weighted by Gasteiger charge is 2.04. The number of aromatic amines is 1. The minimum Gasteiger partial charge on any atom is -0.455 e. The van der Waals surface area contributed by atoms with Gasteiger partial charge in [0.25, 0.3) is 0 Å². The van der Waals surface area contributed by atoms with Crippen LogP contribution in [0.4, 0.5) is 4.39 Å². The first-order valence-electron chi connectivity index (χ1n) is 6.17. The molecule has 5 nitrogen and oxygen atoms in total. The Morgan fingerprint density at radius 2 is 2.05 bits per heavy atom. The van der Waals surface area contributed by atoms with Crippen molar-refractivity contribution in [2.75, 3.05) is 0 Å². The number of aromatic nitrogens is 3. The van der Waals surface area contributed by atoms with E-state index in [4.69, 9.17) is 16.6 Å². The molecule has 3 rings (SSSR count). The van der Waals surface area contributed by atoms with Crippen LogP contribution in [0.25, 0.3) is 11.3 Å². The first-order valence-corrected chi connectivity index (χ1v) is 6.58. The molecule has 0 fully saturated rings. The summed E-state index contributed by atoms with van der Waals surface area (Å²) >= 11 is 5.05. The highest BCUT2D eigenvalue weighted by molar-refractivity contribution is 7.71. The Morgan fingerprint density at radius 1 is 1.29 bits per heavy atom. The van der Waals surface area contributed by atoms with E-state index in [2.05, 4.69) is 15.3 Å². The number of H-pyrrole nitrogens is 1. The normalized spacial score (nSPS) is 11.3. The first kappa shape index (κ1) is 13.4. The fourth-order valence-corrected chi connectivity index (χ4v) is 2.04. The van der Waals surface area contributed by atoms with Crippen LogP contribution < -0.4 is 0 Å². The van der Waals surface area contributed by atoms with Crippen LogP contribution in [-0.2, 0) is 0 Å². The summed E-state index contributed by atoms with van der Waals surface area (Å²) in [6.07, 6.45) is 1.55. The molecule has 106 valence electrons. The van der Waals surface area contributed by atoms with E-state index < -0.39 is 0 Å². The van der Waals surface area contributed by atoms with Crippen molar-refractivity contribution < 1.29 is 8.81 Å². The molecule has 0 saturated carbocycles. The average molecular weight is 302 g/mol. The lowest BCUT2D eigenvalue weighted by Gasteiger charge is -1.96. The molecule has 0 amide bonds. The fourth-order valence-electron chi connectivity index (χ4n) is 1.81. The predicted molar refractivity (Wildman–Crippen MR) is 79.2 cm³/mol. The van der Waals surface area contributed by atoms with Crippen LogP contribution in [0.5, 0.6) is 0 Å². The molecule has 0 aliphatic carbocycles. The third kappa shape index (κ3) is 2.82. The Balaban J connectivity index is 1.85. The van der Waals surface area contributed by atoms with Crippen LogP contribution in [-0.4, -0.2) is 21.1 Å². The van der Waals surface area contributed by atoms with E-state index in [1.54, 1.807) is 37.4 Å². The van der Waals surface area contributed by atoms with Crippen molar-refractivity contribution in [3.05, 3.63) is 58.6 Å². The number of aryl methyl sites for hydroxylation is 1. The maximum atomic E-state index is 12.9. The lowest BCUT2D eigenvalue weighted by atomic mass is 10.2. The molecular weight excluding hydrogens is 291 g/mol. The second-order valence-corrected chi connectivity index (χ2v) is 4.73. The van der Waals surface area contributed by atoms with E-state index in [9.17, 15) is 4.39 Å². The summed E-state index contributed by atoms with van der Waals surface area (Å²) < 4.78 is 20.4. The number of hydrogen-bond donors (Lipinski definition) is 1. The maximum absolute atomic E-state index is 12.9.